The van der Waals surface area contributed by atoms with E-state index in [4.69, 9.17) is 0 Å². The highest BCUT2D eigenvalue weighted by molar-refractivity contribution is 5.95. The van der Waals surface area contributed by atoms with Crippen molar-refractivity contribution in [2.75, 3.05) is 6.54 Å². The molecule has 0 bridgehead atoms. The van der Waals surface area contributed by atoms with Gasteiger partial charge >= 0.3 is 6.36 Å². The number of aromatic nitrogens is 2. The van der Waals surface area contributed by atoms with Crippen molar-refractivity contribution in [3.05, 3.63) is 47.7 Å². The molecule has 32 heavy (non-hydrogen) atoms. The molecule has 2 aromatic heterocycles. The normalized spacial score (nSPS) is 14.5. The minimum atomic E-state index is -4.79. The maximum absolute atomic E-state index is 12.7. The molecule has 1 aliphatic rings. The van der Waals surface area contributed by atoms with Gasteiger partial charge in [-0.1, -0.05) is 19.9 Å². The van der Waals surface area contributed by atoms with Gasteiger partial charge in [0.05, 0.1) is 22.5 Å². The minimum Gasteiger partial charge on any atom is -0.406 e. The van der Waals surface area contributed by atoms with Gasteiger partial charge in [-0.05, 0) is 62.1 Å². The van der Waals surface area contributed by atoms with Gasteiger partial charge in [0.15, 0.2) is 0 Å². The summed E-state index contributed by atoms with van der Waals surface area (Å²) in [6.45, 7) is 5.02. The van der Waals surface area contributed by atoms with Crippen LogP contribution in [-0.4, -0.2) is 28.5 Å². The number of nitrogens with one attached hydrogen (secondary N) is 1. The van der Waals surface area contributed by atoms with Crippen LogP contribution in [0, 0.1) is 11.3 Å². The molecule has 0 amide bonds. The highest BCUT2D eigenvalue weighted by Gasteiger charge is 2.32. The molecule has 1 fully saturated rings. The largest absolute Gasteiger partial charge is 0.573 e. The van der Waals surface area contributed by atoms with Crippen molar-refractivity contribution in [2.24, 2.45) is 0 Å². The van der Waals surface area contributed by atoms with Crippen molar-refractivity contribution in [1.82, 2.24) is 14.9 Å². The first-order valence-electron chi connectivity index (χ1n) is 10.8. The molecule has 2 heterocycles. The first-order valence-corrected chi connectivity index (χ1v) is 10.8. The molecular formula is C24H25F3N4O. The number of nitrogens with zero attached hydrogens (tertiary/aromatic N) is 3. The van der Waals surface area contributed by atoms with Crippen LogP contribution in [-0.2, 0) is 6.42 Å². The summed E-state index contributed by atoms with van der Waals surface area (Å²) in [5, 5.41) is 13.8. The van der Waals surface area contributed by atoms with Gasteiger partial charge in [-0.15, -0.1) is 13.2 Å². The number of ether oxygens (including phenoxy) is 1. The maximum Gasteiger partial charge on any atom is 0.573 e. The summed E-state index contributed by atoms with van der Waals surface area (Å²) < 4.78 is 44.3. The van der Waals surface area contributed by atoms with Crippen molar-refractivity contribution in [2.45, 2.75) is 58.0 Å². The smallest absolute Gasteiger partial charge is 0.406 e. The van der Waals surface area contributed by atoms with Gasteiger partial charge in [0.1, 0.15) is 11.8 Å². The van der Waals surface area contributed by atoms with Gasteiger partial charge in [0.2, 0.25) is 0 Å². The van der Waals surface area contributed by atoms with Crippen molar-refractivity contribution >= 4 is 10.9 Å². The third-order valence-corrected chi connectivity index (χ3v) is 5.79. The van der Waals surface area contributed by atoms with Crippen LogP contribution in [0.5, 0.6) is 5.75 Å². The van der Waals surface area contributed by atoms with E-state index < -0.39 is 6.36 Å². The zero-order chi connectivity index (χ0) is 22.9. The van der Waals surface area contributed by atoms with Crippen molar-refractivity contribution in [3.8, 4) is 23.2 Å². The zero-order valence-corrected chi connectivity index (χ0v) is 18.0. The van der Waals surface area contributed by atoms with E-state index in [1.165, 1.54) is 12.1 Å². The molecule has 0 atom stereocenters. The molecule has 0 aliphatic heterocycles. The predicted octanol–water partition coefficient (Wildman–Crippen LogP) is 5.74. The topological polar surface area (TPSA) is 62.9 Å². The Labute approximate surface area is 184 Å². The Hall–Kier alpha value is -3.05. The van der Waals surface area contributed by atoms with E-state index in [9.17, 15) is 18.4 Å². The molecule has 3 aromatic rings. The maximum atomic E-state index is 12.7. The number of rotatable bonds is 7. The molecule has 0 unspecified atom stereocenters. The molecule has 1 aliphatic carbocycles. The lowest BCUT2D eigenvalue weighted by atomic mass is 9.92. The Morgan fingerprint density at radius 2 is 2.03 bits per heavy atom. The molecule has 1 aromatic carbocycles. The first-order chi connectivity index (χ1) is 15.3. The van der Waals surface area contributed by atoms with Crippen molar-refractivity contribution < 1.29 is 17.9 Å². The lowest BCUT2D eigenvalue weighted by molar-refractivity contribution is -0.274. The lowest BCUT2D eigenvalue weighted by Gasteiger charge is -2.30. The Bertz CT molecular complexity index is 1140. The third kappa shape index (κ3) is 4.58. The fourth-order valence-corrected chi connectivity index (χ4v) is 4.10. The Balaban J connectivity index is 1.76. The summed E-state index contributed by atoms with van der Waals surface area (Å²) >= 11 is 0. The van der Waals surface area contributed by atoms with Gasteiger partial charge in [-0.25, -0.2) is 0 Å². The number of alkyl halides is 3. The van der Waals surface area contributed by atoms with Crippen LogP contribution < -0.4 is 10.1 Å². The molecule has 0 radical (unpaired) electrons. The van der Waals surface area contributed by atoms with Crippen LogP contribution in [0.25, 0.3) is 22.3 Å². The number of hydrogen-bond donors (Lipinski definition) is 1. The van der Waals surface area contributed by atoms with E-state index in [0.717, 1.165) is 43.3 Å². The second kappa shape index (κ2) is 8.83. The monoisotopic (exact) mass is 442 g/mol. The van der Waals surface area contributed by atoms with Crippen LogP contribution in [0.2, 0.25) is 0 Å². The van der Waals surface area contributed by atoms with Crippen LogP contribution in [0.15, 0.2) is 36.5 Å². The highest BCUT2D eigenvalue weighted by atomic mass is 19.4. The minimum absolute atomic E-state index is 0.195. The van der Waals surface area contributed by atoms with Gasteiger partial charge in [0.25, 0.3) is 0 Å². The molecule has 1 N–H and O–H groups in total. The molecule has 8 heteroatoms. The molecule has 4 rings (SSSR count). The fourth-order valence-electron chi connectivity index (χ4n) is 4.10. The van der Waals surface area contributed by atoms with Gasteiger partial charge < -0.3 is 14.6 Å². The second-order valence-electron chi connectivity index (χ2n) is 8.43. The van der Waals surface area contributed by atoms with Crippen LogP contribution in [0.1, 0.15) is 50.3 Å². The van der Waals surface area contributed by atoms with E-state index in [2.05, 4.69) is 39.5 Å². The average molecular weight is 442 g/mol. The Morgan fingerprint density at radius 3 is 2.59 bits per heavy atom. The quantitative estimate of drug-likeness (QED) is 0.507. The van der Waals surface area contributed by atoms with E-state index in [-0.39, 0.29) is 11.8 Å². The number of pyridine rings is 1. The number of nitriles is 1. The van der Waals surface area contributed by atoms with Crippen molar-refractivity contribution in [1.29, 1.82) is 5.26 Å². The Morgan fingerprint density at radius 1 is 1.25 bits per heavy atom. The molecular weight excluding hydrogens is 417 g/mol. The highest BCUT2D eigenvalue weighted by Crippen LogP contribution is 2.43. The summed E-state index contributed by atoms with van der Waals surface area (Å²) in [6, 6.07) is 10.9. The second-order valence-corrected chi connectivity index (χ2v) is 8.43. The summed E-state index contributed by atoms with van der Waals surface area (Å²) in [5.41, 5.74) is 3.42. The molecule has 1 saturated carbocycles. The van der Waals surface area contributed by atoms with Gasteiger partial charge in [0, 0.05) is 23.7 Å². The third-order valence-electron chi connectivity index (χ3n) is 5.79. The first kappa shape index (κ1) is 22.2. The molecule has 5 nitrogen and oxygen atoms in total. The average Bonchev–Trinajstić information content (AvgIpc) is 2.99. The lowest BCUT2D eigenvalue weighted by Crippen LogP contribution is -2.24. The number of hydrogen-bond acceptors (Lipinski definition) is 4. The zero-order valence-electron chi connectivity index (χ0n) is 18.0. The number of benzene rings is 1. The van der Waals surface area contributed by atoms with Gasteiger partial charge in [-0.3, -0.25) is 4.98 Å². The summed E-state index contributed by atoms with van der Waals surface area (Å²) in [4.78, 5) is 4.62. The van der Waals surface area contributed by atoms with Gasteiger partial charge in [-0.2, -0.15) is 5.26 Å². The number of halogens is 3. The van der Waals surface area contributed by atoms with Crippen molar-refractivity contribution in [3.63, 3.8) is 0 Å². The predicted molar refractivity (Wildman–Crippen MR) is 116 cm³/mol. The van der Waals surface area contributed by atoms with Crippen LogP contribution >= 0.6 is 0 Å². The fraction of sp³-hybridized carbons (Fsp3) is 0.417. The molecule has 0 spiro atoms. The van der Waals surface area contributed by atoms with E-state index in [1.807, 2.05) is 12.1 Å². The van der Waals surface area contributed by atoms with Crippen LogP contribution in [0.3, 0.4) is 0 Å². The SMILES string of the molecule is CC(C)NCCc1ccc(-c2c(C#N)c3cc(OC(F)(F)F)ccc3n2C2CCC2)nc1. The standard InChI is InChI=1S/C24H25F3N4O/c1-15(2)29-11-10-16-6-8-21(30-14-16)23-20(13-28)19-12-18(32-24(25,26)27)7-9-22(19)31(23)17-4-3-5-17/h6-9,12,14-15,17,29H,3-5,10-11H2,1-2H3. The Kier molecular flexibility index (Phi) is 6.11. The van der Waals surface area contributed by atoms with E-state index in [1.54, 1.807) is 12.3 Å². The van der Waals surface area contributed by atoms with E-state index in [0.29, 0.717) is 28.4 Å². The number of fused-ring (bicyclic) bond motifs is 1. The summed E-state index contributed by atoms with van der Waals surface area (Å²) in [7, 11) is 0. The summed E-state index contributed by atoms with van der Waals surface area (Å²) in [5.74, 6) is -0.334. The molecule has 0 saturated heterocycles. The van der Waals surface area contributed by atoms with Crippen LogP contribution in [0.4, 0.5) is 13.2 Å². The van der Waals surface area contributed by atoms with E-state index >= 15 is 0 Å². The molecule has 168 valence electrons. The summed E-state index contributed by atoms with van der Waals surface area (Å²) in [6.07, 6.45) is 0.848.